The van der Waals surface area contributed by atoms with E-state index in [1.54, 1.807) is 7.05 Å². The second kappa shape index (κ2) is 9.27. The van der Waals surface area contributed by atoms with Crippen LogP contribution < -0.4 is 15.5 Å². The first kappa shape index (κ1) is 20.4. The van der Waals surface area contributed by atoms with Gasteiger partial charge in [0.25, 0.3) is 0 Å². The zero-order chi connectivity index (χ0) is 20.0. The van der Waals surface area contributed by atoms with Gasteiger partial charge in [-0.15, -0.1) is 11.3 Å². The molecule has 1 aromatic heterocycles. The van der Waals surface area contributed by atoms with E-state index in [4.69, 9.17) is 0 Å². The molecule has 9 heteroatoms. The molecule has 0 bridgehead atoms. The number of hydrogen-bond acceptors (Lipinski definition) is 4. The summed E-state index contributed by atoms with van der Waals surface area (Å²) in [6.45, 7) is 2.38. The number of nitrogens with one attached hydrogen (secondary N) is 2. The second-order valence-electron chi connectivity index (χ2n) is 6.64. The van der Waals surface area contributed by atoms with Gasteiger partial charge in [-0.05, 0) is 25.0 Å². The van der Waals surface area contributed by atoms with E-state index < -0.39 is 11.9 Å². The van der Waals surface area contributed by atoms with E-state index in [9.17, 15) is 13.2 Å². The fourth-order valence-corrected chi connectivity index (χ4v) is 4.00. The van der Waals surface area contributed by atoms with Gasteiger partial charge in [0.15, 0.2) is 11.7 Å². The summed E-state index contributed by atoms with van der Waals surface area (Å²) in [5, 5.41) is 8.11. The molecule has 1 saturated heterocycles. The fraction of sp³-hybridized carbons (Fsp3) is 0.474. The summed E-state index contributed by atoms with van der Waals surface area (Å²) in [6, 6.07) is 10.6. The van der Waals surface area contributed by atoms with Crippen LogP contribution in [0, 0.1) is 0 Å². The molecule has 28 heavy (non-hydrogen) atoms. The van der Waals surface area contributed by atoms with Crippen LogP contribution in [-0.4, -0.2) is 43.7 Å². The minimum Gasteiger partial charge on any atom is -0.369 e. The lowest BCUT2D eigenvalue weighted by Crippen LogP contribution is -2.51. The molecule has 0 saturated carbocycles. The van der Waals surface area contributed by atoms with Crippen LogP contribution in [0.15, 0.2) is 40.7 Å². The first-order valence-electron chi connectivity index (χ1n) is 9.24. The molecular weight excluding hydrogens is 387 g/mol. The van der Waals surface area contributed by atoms with E-state index in [-0.39, 0.29) is 6.04 Å². The number of rotatable bonds is 5. The highest BCUT2D eigenvalue weighted by Gasteiger charge is 2.33. The number of thiazole rings is 1. The van der Waals surface area contributed by atoms with E-state index in [0.717, 1.165) is 42.6 Å². The predicted molar refractivity (Wildman–Crippen MR) is 107 cm³/mol. The Labute approximate surface area is 166 Å². The number of hydrogen-bond donors (Lipinski definition) is 2. The number of halogens is 3. The van der Waals surface area contributed by atoms with E-state index in [2.05, 4.69) is 37.6 Å². The number of alkyl halides is 3. The van der Waals surface area contributed by atoms with Crippen molar-refractivity contribution in [3.63, 3.8) is 0 Å². The van der Waals surface area contributed by atoms with Crippen LogP contribution in [0.3, 0.4) is 0 Å². The van der Waals surface area contributed by atoms with Crippen molar-refractivity contribution in [3.8, 4) is 0 Å². The molecule has 5 nitrogen and oxygen atoms in total. The van der Waals surface area contributed by atoms with Crippen LogP contribution in [0.4, 0.5) is 18.9 Å². The summed E-state index contributed by atoms with van der Waals surface area (Å²) in [7, 11) is 1.69. The summed E-state index contributed by atoms with van der Waals surface area (Å²) in [5.74, 6) is 0.660. The molecule has 0 radical (unpaired) electrons. The van der Waals surface area contributed by atoms with Crippen LogP contribution in [0.5, 0.6) is 0 Å². The number of anilines is 1. The molecule has 2 aromatic rings. The average Bonchev–Trinajstić information content (AvgIpc) is 3.17. The Kier molecular flexibility index (Phi) is 6.77. The topological polar surface area (TPSA) is 52.6 Å². The molecule has 0 aliphatic carbocycles. The normalized spacial score (nSPS) is 18.2. The van der Waals surface area contributed by atoms with Crippen molar-refractivity contribution in [2.75, 3.05) is 31.6 Å². The number of aromatic nitrogens is 1. The van der Waals surface area contributed by atoms with Gasteiger partial charge in [0.2, 0.25) is 0 Å². The Balaban J connectivity index is 1.47. The maximum atomic E-state index is 12.6. The van der Waals surface area contributed by atoms with E-state index in [1.165, 1.54) is 5.69 Å². The van der Waals surface area contributed by atoms with E-state index >= 15 is 0 Å². The molecular formula is C19H24F3N5S. The zero-order valence-corrected chi connectivity index (χ0v) is 16.5. The molecule has 0 spiro atoms. The maximum absolute atomic E-state index is 12.6. The van der Waals surface area contributed by atoms with Gasteiger partial charge in [-0.3, -0.25) is 4.99 Å². The number of nitrogens with zero attached hydrogens (tertiary/aromatic N) is 3. The summed E-state index contributed by atoms with van der Waals surface area (Å²) >= 11 is 1.03. The van der Waals surface area contributed by atoms with Gasteiger partial charge >= 0.3 is 6.18 Å². The summed E-state index contributed by atoms with van der Waals surface area (Å²) < 4.78 is 37.8. The van der Waals surface area contributed by atoms with Crippen molar-refractivity contribution in [1.29, 1.82) is 0 Å². The van der Waals surface area contributed by atoms with Crippen LogP contribution >= 0.6 is 11.3 Å². The Bertz CT molecular complexity index is 775. The number of guanidine groups is 1. The average molecular weight is 411 g/mol. The van der Waals surface area contributed by atoms with Crippen molar-refractivity contribution in [1.82, 2.24) is 15.6 Å². The molecule has 0 amide bonds. The number of benzene rings is 1. The number of piperidine rings is 1. The van der Waals surface area contributed by atoms with Gasteiger partial charge in [0.1, 0.15) is 0 Å². The van der Waals surface area contributed by atoms with Crippen LogP contribution in [-0.2, 0) is 12.6 Å². The third kappa shape index (κ3) is 5.60. The van der Waals surface area contributed by atoms with Crippen molar-refractivity contribution < 1.29 is 13.2 Å². The lowest BCUT2D eigenvalue weighted by atomic mass is 10.1. The van der Waals surface area contributed by atoms with Gasteiger partial charge in [-0.25, -0.2) is 4.98 Å². The lowest BCUT2D eigenvalue weighted by Gasteiger charge is -2.35. The quantitative estimate of drug-likeness (QED) is 0.584. The Morgan fingerprint density at radius 2 is 2.11 bits per heavy atom. The van der Waals surface area contributed by atoms with Gasteiger partial charge in [0, 0.05) is 50.2 Å². The second-order valence-corrected chi connectivity index (χ2v) is 7.58. The van der Waals surface area contributed by atoms with Crippen LogP contribution in [0.2, 0.25) is 0 Å². The minimum absolute atomic E-state index is 0.261. The van der Waals surface area contributed by atoms with E-state index in [0.29, 0.717) is 23.9 Å². The molecule has 1 aromatic carbocycles. The van der Waals surface area contributed by atoms with Gasteiger partial charge in [-0.1, -0.05) is 18.2 Å². The minimum atomic E-state index is -4.38. The molecule has 152 valence electrons. The SMILES string of the molecule is CN=C(NCCc1nc(C(F)(F)F)cs1)NC1CCCN(c2ccccc2)C1. The van der Waals surface area contributed by atoms with Crippen LogP contribution in [0.25, 0.3) is 0 Å². The van der Waals surface area contributed by atoms with Crippen molar-refractivity contribution in [2.45, 2.75) is 31.5 Å². The van der Waals surface area contributed by atoms with Gasteiger partial charge in [0.05, 0.1) is 5.01 Å². The molecule has 1 aliphatic rings. The lowest BCUT2D eigenvalue weighted by molar-refractivity contribution is -0.140. The molecule has 1 aliphatic heterocycles. The largest absolute Gasteiger partial charge is 0.434 e. The number of para-hydroxylation sites is 1. The Morgan fingerprint density at radius 1 is 1.32 bits per heavy atom. The molecule has 1 unspecified atom stereocenters. The Hall–Kier alpha value is -2.29. The molecule has 1 atom stereocenters. The molecule has 3 rings (SSSR count). The first-order chi connectivity index (χ1) is 13.5. The summed E-state index contributed by atoms with van der Waals surface area (Å²) in [6.07, 6.45) is -1.83. The Morgan fingerprint density at radius 3 is 2.79 bits per heavy atom. The van der Waals surface area contributed by atoms with Crippen LogP contribution in [0.1, 0.15) is 23.5 Å². The van der Waals surface area contributed by atoms with E-state index in [1.807, 2.05) is 18.2 Å². The summed E-state index contributed by atoms with van der Waals surface area (Å²) in [4.78, 5) is 10.2. The fourth-order valence-electron chi connectivity index (χ4n) is 3.20. The zero-order valence-electron chi connectivity index (χ0n) is 15.7. The summed E-state index contributed by atoms with van der Waals surface area (Å²) in [5.41, 5.74) is 0.388. The molecule has 2 heterocycles. The third-order valence-electron chi connectivity index (χ3n) is 4.58. The highest BCUT2D eigenvalue weighted by Crippen LogP contribution is 2.30. The highest BCUT2D eigenvalue weighted by molar-refractivity contribution is 7.09. The van der Waals surface area contributed by atoms with Crippen molar-refractivity contribution >= 4 is 23.0 Å². The van der Waals surface area contributed by atoms with Gasteiger partial charge in [-0.2, -0.15) is 13.2 Å². The highest BCUT2D eigenvalue weighted by atomic mass is 32.1. The predicted octanol–water partition coefficient (Wildman–Crippen LogP) is 3.54. The first-order valence-corrected chi connectivity index (χ1v) is 10.1. The maximum Gasteiger partial charge on any atom is 0.434 e. The monoisotopic (exact) mass is 411 g/mol. The molecule has 1 fully saturated rings. The van der Waals surface area contributed by atoms with Gasteiger partial charge < -0.3 is 15.5 Å². The smallest absolute Gasteiger partial charge is 0.369 e. The van der Waals surface area contributed by atoms with Crippen molar-refractivity contribution in [3.05, 3.63) is 46.4 Å². The number of aliphatic imine (C=N–C) groups is 1. The molecule has 2 N–H and O–H groups in total. The third-order valence-corrected chi connectivity index (χ3v) is 5.49. The standard InChI is InChI=1S/C19H24F3N5S/c1-23-18(24-10-9-17-26-16(13-28-17)19(20,21)22)25-14-6-5-11-27(12-14)15-7-3-2-4-8-15/h2-4,7-8,13-14H,5-6,9-12H2,1H3,(H2,23,24,25). The van der Waals surface area contributed by atoms with Crippen molar-refractivity contribution in [2.24, 2.45) is 4.99 Å².